The van der Waals surface area contributed by atoms with Gasteiger partial charge >= 0.3 is 11.9 Å². The van der Waals surface area contributed by atoms with E-state index in [1.54, 1.807) is 109 Å². The van der Waals surface area contributed by atoms with Gasteiger partial charge in [0.25, 0.3) is 11.8 Å². The van der Waals surface area contributed by atoms with E-state index >= 15 is 0 Å². The van der Waals surface area contributed by atoms with Crippen molar-refractivity contribution in [2.75, 3.05) is 24.0 Å². The summed E-state index contributed by atoms with van der Waals surface area (Å²) in [4.78, 5) is 64.2. The number of nitrogens with zero attached hydrogens (tertiary/aromatic N) is 3. The van der Waals surface area contributed by atoms with Crippen molar-refractivity contribution in [2.24, 2.45) is 4.99 Å². The maximum Gasteiger partial charge on any atom is 0.345 e. The Morgan fingerprint density at radius 3 is 1.50 bits per heavy atom. The number of aliphatic imine (C=N–C) groups is 1. The predicted octanol–water partition coefficient (Wildman–Crippen LogP) is 5.77. The summed E-state index contributed by atoms with van der Waals surface area (Å²) >= 11 is 0.856. The number of carbonyl (C=O) groups excluding carboxylic acids is 4. The van der Waals surface area contributed by atoms with E-state index in [0.29, 0.717) is 17.1 Å². The minimum absolute atomic E-state index is 0.106. The Morgan fingerprint density at radius 1 is 0.614 bits per heavy atom. The van der Waals surface area contributed by atoms with E-state index in [1.807, 2.05) is 6.07 Å². The van der Waals surface area contributed by atoms with Crippen molar-refractivity contribution in [1.29, 1.82) is 0 Å². The second-order valence-electron chi connectivity index (χ2n) is 9.72. The molecule has 2 heterocycles. The molecule has 2 aliphatic rings. The molecule has 0 saturated heterocycles. The van der Waals surface area contributed by atoms with Gasteiger partial charge in [-0.1, -0.05) is 78.5 Å². The number of benzene rings is 4. The number of carbonyl (C=O) groups is 4. The van der Waals surface area contributed by atoms with Crippen LogP contribution in [0.1, 0.15) is 20.7 Å². The molecular weight excluding hydrogens is 578 g/mol. The molecule has 2 amide bonds. The quantitative estimate of drug-likeness (QED) is 0.267. The molecule has 10 heteroatoms. The Morgan fingerprint density at radius 2 is 1.05 bits per heavy atom. The van der Waals surface area contributed by atoms with E-state index < -0.39 is 29.4 Å². The SMILES string of the molecule is COC(=O)C1=C(C(=O)OC)C2(C(=Nc3ccccc3)S1)N(C(=O)c1ccccc1)c1ccccc1N2C(=O)c1ccccc1. The molecule has 0 N–H and O–H groups in total. The fraction of sp³-hybridized carbons (Fsp3) is 0.0882. The van der Waals surface area contributed by atoms with Gasteiger partial charge in [0.15, 0.2) is 0 Å². The van der Waals surface area contributed by atoms with Gasteiger partial charge in [-0.05, 0) is 48.5 Å². The van der Waals surface area contributed by atoms with E-state index in [0.717, 1.165) is 11.8 Å². The summed E-state index contributed by atoms with van der Waals surface area (Å²) in [5.74, 6) is -2.84. The molecule has 0 radical (unpaired) electrons. The number of hydrogen-bond acceptors (Lipinski definition) is 8. The van der Waals surface area contributed by atoms with Crippen molar-refractivity contribution in [3.05, 3.63) is 137 Å². The lowest BCUT2D eigenvalue weighted by atomic mass is 9.94. The fourth-order valence-electron chi connectivity index (χ4n) is 5.42. The number of ether oxygens (including phenoxy) is 2. The van der Waals surface area contributed by atoms with E-state index in [1.165, 1.54) is 24.0 Å². The van der Waals surface area contributed by atoms with Crippen LogP contribution in [0, 0.1) is 0 Å². The number of rotatable bonds is 5. The molecule has 0 bridgehead atoms. The largest absolute Gasteiger partial charge is 0.465 e. The molecule has 0 aliphatic carbocycles. The monoisotopic (exact) mass is 603 g/mol. The lowest BCUT2D eigenvalue weighted by Crippen LogP contribution is -2.66. The number of thioether (sulfide) groups is 1. The van der Waals surface area contributed by atoms with E-state index in [9.17, 15) is 19.2 Å². The van der Waals surface area contributed by atoms with Crippen molar-refractivity contribution < 1.29 is 28.7 Å². The Balaban J connectivity index is 1.77. The minimum Gasteiger partial charge on any atom is -0.465 e. The highest BCUT2D eigenvalue weighted by Gasteiger charge is 2.67. The first-order valence-electron chi connectivity index (χ1n) is 13.5. The van der Waals surface area contributed by atoms with Gasteiger partial charge < -0.3 is 9.47 Å². The number of fused-ring (bicyclic) bond motifs is 1. The predicted molar refractivity (Wildman–Crippen MR) is 168 cm³/mol. The van der Waals surface area contributed by atoms with Crippen molar-refractivity contribution in [3.63, 3.8) is 0 Å². The molecule has 0 saturated carbocycles. The summed E-state index contributed by atoms with van der Waals surface area (Å²) < 4.78 is 10.4. The number of amides is 2. The fourth-order valence-corrected chi connectivity index (χ4v) is 6.68. The highest BCUT2D eigenvalue weighted by Crippen LogP contribution is 2.57. The molecular formula is C34H25N3O6S. The van der Waals surface area contributed by atoms with Gasteiger partial charge in [-0.2, -0.15) is 0 Å². The van der Waals surface area contributed by atoms with Crippen molar-refractivity contribution in [1.82, 2.24) is 0 Å². The average Bonchev–Trinajstić information content (AvgIpc) is 3.56. The van der Waals surface area contributed by atoms with E-state index in [-0.39, 0.29) is 26.6 Å². The van der Waals surface area contributed by atoms with Crippen LogP contribution in [-0.2, 0) is 19.1 Å². The second-order valence-corrected chi connectivity index (χ2v) is 10.7. The van der Waals surface area contributed by atoms with E-state index in [4.69, 9.17) is 14.5 Å². The summed E-state index contributed by atoms with van der Waals surface area (Å²) in [6.45, 7) is 0. The zero-order valence-electron chi connectivity index (χ0n) is 23.7. The van der Waals surface area contributed by atoms with Gasteiger partial charge in [0.05, 0.1) is 31.3 Å². The zero-order chi connectivity index (χ0) is 30.8. The third kappa shape index (κ3) is 4.47. The molecule has 1 spiro atoms. The summed E-state index contributed by atoms with van der Waals surface area (Å²) in [5.41, 5.74) is -0.623. The Kier molecular flexibility index (Phi) is 7.59. The first-order chi connectivity index (χ1) is 21.4. The molecule has 9 nitrogen and oxygen atoms in total. The van der Waals surface area contributed by atoms with Gasteiger partial charge in [-0.25, -0.2) is 14.6 Å². The second kappa shape index (κ2) is 11.7. The number of anilines is 2. The van der Waals surface area contributed by atoms with Crippen LogP contribution in [0.25, 0.3) is 0 Å². The highest BCUT2D eigenvalue weighted by molar-refractivity contribution is 8.18. The topological polar surface area (TPSA) is 106 Å². The molecule has 0 atom stereocenters. The Bertz CT molecular complexity index is 1760. The first kappa shape index (κ1) is 28.6. The van der Waals surface area contributed by atoms with Crippen LogP contribution >= 0.6 is 11.8 Å². The maximum atomic E-state index is 14.7. The van der Waals surface area contributed by atoms with Crippen LogP contribution in [0.3, 0.4) is 0 Å². The lowest BCUT2D eigenvalue weighted by Gasteiger charge is -2.41. The van der Waals surface area contributed by atoms with Crippen LogP contribution < -0.4 is 9.80 Å². The van der Waals surface area contributed by atoms with Gasteiger partial charge in [-0.15, -0.1) is 0 Å². The molecule has 0 unspecified atom stereocenters. The third-order valence-electron chi connectivity index (χ3n) is 7.28. The first-order valence-corrected chi connectivity index (χ1v) is 14.4. The Hall–Kier alpha value is -5.48. The van der Waals surface area contributed by atoms with Crippen LogP contribution in [0.2, 0.25) is 0 Å². The average molecular weight is 604 g/mol. The molecule has 4 aromatic rings. The minimum atomic E-state index is -2.07. The number of hydrogen-bond donors (Lipinski definition) is 0. The smallest absolute Gasteiger partial charge is 0.345 e. The van der Waals surface area contributed by atoms with Crippen molar-refractivity contribution in [3.8, 4) is 0 Å². The third-order valence-corrected chi connectivity index (χ3v) is 8.42. The molecule has 4 aromatic carbocycles. The number of methoxy groups -OCH3 is 2. The highest BCUT2D eigenvalue weighted by atomic mass is 32.2. The van der Waals surface area contributed by atoms with Gasteiger partial charge in [-0.3, -0.25) is 19.4 Å². The van der Waals surface area contributed by atoms with Crippen molar-refractivity contribution in [2.45, 2.75) is 5.66 Å². The molecule has 2 aliphatic heterocycles. The van der Waals surface area contributed by atoms with Crippen LogP contribution in [0.15, 0.2) is 131 Å². The summed E-state index contributed by atoms with van der Waals surface area (Å²) in [7, 11) is 2.36. The molecule has 0 aromatic heterocycles. The van der Waals surface area contributed by atoms with Gasteiger partial charge in [0.2, 0.25) is 5.66 Å². The summed E-state index contributed by atoms with van der Waals surface area (Å²) in [6.07, 6.45) is 0. The van der Waals surface area contributed by atoms with E-state index in [2.05, 4.69) is 0 Å². The standard InChI is InChI=1S/C34H25N3O6S/c1-42-31(40)27-28(32(41)43-2)44-33(35-24-18-10-5-11-19-24)34(27)36(29(38)22-14-6-3-7-15-22)25-20-12-13-21-26(25)37(34)30(39)23-16-8-4-9-17-23/h3-21H,1-2H3. The summed E-state index contributed by atoms with van der Waals surface area (Å²) in [6, 6.07) is 32.7. The summed E-state index contributed by atoms with van der Waals surface area (Å²) in [5, 5.41) is 0.106. The van der Waals surface area contributed by atoms with Crippen molar-refractivity contribution >= 4 is 57.6 Å². The molecule has 44 heavy (non-hydrogen) atoms. The normalized spacial score (nSPS) is 15.8. The van der Waals surface area contributed by atoms with Crippen LogP contribution in [-0.4, -0.2) is 48.7 Å². The van der Waals surface area contributed by atoms with Crippen LogP contribution in [0.5, 0.6) is 0 Å². The molecule has 6 rings (SSSR count). The Labute approximate surface area is 257 Å². The number of esters is 2. The zero-order valence-corrected chi connectivity index (χ0v) is 24.5. The van der Waals surface area contributed by atoms with Crippen LogP contribution in [0.4, 0.5) is 17.1 Å². The number of para-hydroxylation sites is 3. The van der Waals surface area contributed by atoms with Gasteiger partial charge in [0, 0.05) is 11.1 Å². The molecule has 0 fully saturated rings. The van der Waals surface area contributed by atoms with Gasteiger partial charge in [0.1, 0.15) is 15.5 Å². The maximum absolute atomic E-state index is 14.7. The lowest BCUT2D eigenvalue weighted by molar-refractivity contribution is -0.139. The molecule has 218 valence electrons.